The first kappa shape index (κ1) is 21.8. The molecule has 0 amide bonds. The van der Waals surface area contributed by atoms with E-state index in [2.05, 4.69) is 0 Å². The average molecular weight is 439 g/mol. The van der Waals surface area contributed by atoms with Gasteiger partial charge in [-0.25, -0.2) is 21.1 Å². The first-order valence-electron chi connectivity index (χ1n) is 9.46. The predicted octanol–water partition coefficient (Wildman–Crippen LogP) is 2.69. The fourth-order valence-electron chi connectivity index (χ4n) is 3.14. The van der Waals surface area contributed by atoms with Crippen molar-refractivity contribution >= 4 is 20.0 Å². The summed E-state index contributed by atoms with van der Waals surface area (Å²) >= 11 is 0. The fraction of sp³-hybridized carbons (Fsp3) is 0.400. The molecule has 0 radical (unpaired) electrons. The Morgan fingerprint density at radius 3 is 2.17 bits per heavy atom. The molecule has 29 heavy (non-hydrogen) atoms. The minimum atomic E-state index is -3.51. The van der Waals surface area contributed by atoms with Crippen molar-refractivity contribution in [3.05, 3.63) is 54.1 Å². The van der Waals surface area contributed by atoms with E-state index in [-0.39, 0.29) is 16.4 Å². The molecular formula is C20H26N2O5S2. The van der Waals surface area contributed by atoms with Crippen molar-refractivity contribution in [1.82, 2.24) is 8.61 Å². The summed E-state index contributed by atoms with van der Waals surface area (Å²) < 4.78 is 58.3. The first-order chi connectivity index (χ1) is 13.7. The molecule has 2 aromatic carbocycles. The summed E-state index contributed by atoms with van der Waals surface area (Å²) in [4.78, 5) is 0.456. The van der Waals surface area contributed by atoms with Crippen molar-refractivity contribution in [3.8, 4) is 5.75 Å². The van der Waals surface area contributed by atoms with Crippen LogP contribution in [0.25, 0.3) is 0 Å². The molecule has 0 aromatic heterocycles. The van der Waals surface area contributed by atoms with Crippen LogP contribution in [0.3, 0.4) is 0 Å². The zero-order chi connectivity index (χ0) is 21.1. The topological polar surface area (TPSA) is 84.0 Å². The van der Waals surface area contributed by atoms with Gasteiger partial charge in [-0.1, -0.05) is 18.6 Å². The van der Waals surface area contributed by atoms with Crippen LogP contribution in [0.4, 0.5) is 0 Å². The molecule has 1 aliphatic heterocycles. The van der Waals surface area contributed by atoms with E-state index in [1.54, 1.807) is 48.5 Å². The van der Waals surface area contributed by atoms with Crippen LogP contribution in [0, 0.1) is 0 Å². The van der Waals surface area contributed by atoms with E-state index in [4.69, 9.17) is 4.74 Å². The molecule has 1 saturated heterocycles. The second kappa shape index (κ2) is 8.83. The van der Waals surface area contributed by atoms with Crippen LogP contribution in [0.5, 0.6) is 5.75 Å². The highest BCUT2D eigenvalue weighted by molar-refractivity contribution is 7.89. The lowest BCUT2D eigenvalue weighted by Gasteiger charge is -2.25. The highest BCUT2D eigenvalue weighted by atomic mass is 32.2. The minimum Gasteiger partial charge on any atom is -0.489 e. The summed E-state index contributed by atoms with van der Waals surface area (Å²) in [5, 5.41) is 0. The number of hydrogen-bond donors (Lipinski definition) is 0. The van der Waals surface area contributed by atoms with Crippen molar-refractivity contribution in [2.75, 3.05) is 27.2 Å². The molecule has 0 aliphatic carbocycles. The number of ether oxygens (including phenoxy) is 1. The summed E-state index contributed by atoms with van der Waals surface area (Å²) in [6.45, 7) is 1.30. The minimum absolute atomic E-state index is 0.176. The third-order valence-corrected chi connectivity index (χ3v) is 8.58. The summed E-state index contributed by atoms with van der Waals surface area (Å²) in [5.74, 6) is 0.517. The first-order valence-corrected chi connectivity index (χ1v) is 12.3. The van der Waals surface area contributed by atoms with Crippen molar-refractivity contribution < 1.29 is 21.6 Å². The van der Waals surface area contributed by atoms with Crippen LogP contribution < -0.4 is 4.74 Å². The number of piperidine rings is 1. The lowest BCUT2D eigenvalue weighted by molar-refractivity contribution is 0.305. The van der Waals surface area contributed by atoms with Crippen molar-refractivity contribution in [3.63, 3.8) is 0 Å². The Balaban J connectivity index is 1.68. The SMILES string of the molecule is CN(C)S(=O)(=O)c1cccc(COc2ccc(S(=O)(=O)N3CCCCC3)cc2)c1. The summed E-state index contributed by atoms with van der Waals surface area (Å²) in [6, 6.07) is 12.9. The van der Waals surface area contributed by atoms with E-state index >= 15 is 0 Å². The maximum absolute atomic E-state index is 12.7. The predicted molar refractivity (Wildman–Crippen MR) is 111 cm³/mol. The molecule has 0 N–H and O–H groups in total. The third kappa shape index (κ3) is 4.98. The van der Waals surface area contributed by atoms with E-state index in [1.807, 2.05) is 0 Å². The van der Waals surface area contributed by atoms with E-state index < -0.39 is 20.0 Å². The zero-order valence-corrected chi connectivity index (χ0v) is 18.2. The molecule has 0 spiro atoms. The van der Waals surface area contributed by atoms with Gasteiger partial charge in [-0.05, 0) is 54.8 Å². The summed E-state index contributed by atoms with van der Waals surface area (Å²) in [5.41, 5.74) is 0.706. The van der Waals surface area contributed by atoms with Crippen molar-refractivity contribution in [1.29, 1.82) is 0 Å². The van der Waals surface area contributed by atoms with Crippen LogP contribution in [0.15, 0.2) is 58.3 Å². The molecule has 0 atom stereocenters. The lowest BCUT2D eigenvalue weighted by Crippen LogP contribution is -2.35. The van der Waals surface area contributed by atoms with E-state index in [1.165, 1.54) is 18.4 Å². The van der Waals surface area contributed by atoms with Gasteiger partial charge in [-0.3, -0.25) is 0 Å². The maximum atomic E-state index is 12.7. The van der Waals surface area contributed by atoms with Gasteiger partial charge in [0.25, 0.3) is 0 Å². The van der Waals surface area contributed by atoms with Crippen LogP contribution in [0.1, 0.15) is 24.8 Å². The number of rotatable bonds is 7. The van der Waals surface area contributed by atoms with Crippen LogP contribution in [-0.4, -0.2) is 52.6 Å². The average Bonchev–Trinajstić information content (AvgIpc) is 2.73. The Kier molecular flexibility index (Phi) is 6.62. The standard InChI is InChI=1S/C20H26N2O5S2/c1-21(2)28(23,24)20-8-6-7-17(15-20)16-27-18-9-11-19(12-10-18)29(25,26)22-13-4-3-5-14-22/h6-12,15H,3-5,13-14,16H2,1-2H3. The number of hydrogen-bond acceptors (Lipinski definition) is 5. The van der Waals surface area contributed by atoms with Gasteiger partial charge in [0.1, 0.15) is 12.4 Å². The normalized spacial score (nSPS) is 16.1. The molecule has 0 saturated carbocycles. The zero-order valence-electron chi connectivity index (χ0n) is 16.6. The molecule has 0 bridgehead atoms. The lowest BCUT2D eigenvalue weighted by atomic mass is 10.2. The van der Waals surface area contributed by atoms with Crippen LogP contribution in [0.2, 0.25) is 0 Å². The van der Waals surface area contributed by atoms with Gasteiger partial charge in [-0.15, -0.1) is 0 Å². The highest BCUT2D eigenvalue weighted by Crippen LogP contribution is 2.23. The number of nitrogens with zero attached hydrogens (tertiary/aromatic N) is 2. The number of sulfonamides is 2. The Morgan fingerprint density at radius 2 is 1.55 bits per heavy atom. The molecule has 2 aromatic rings. The quantitative estimate of drug-likeness (QED) is 0.664. The Morgan fingerprint density at radius 1 is 0.897 bits per heavy atom. The Hall–Kier alpha value is -1.94. The molecule has 1 aliphatic rings. The van der Waals surface area contributed by atoms with E-state index in [0.29, 0.717) is 24.4 Å². The molecule has 1 fully saturated rings. The van der Waals surface area contributed by atoms with Gasteiger partial charge in [0.05, 0.1) is 9.79 Å². The molecular weight excluding hydrogens is 412 g/mol. The molecule has 158 valence electrons. The monoisotopic (exact) mass is 438 g/mol. The molecule has 3 rings (SSSR count). The van der Waals surface area contributed by atoms with Gasteiger partial charge in [0, 0.05) is 27.2 Å². The second-order valence-electron chi connectivity index (χ2n) is 7.16. The third-order valence-electron chi connectivity index (χ3n) is 4.86. The van der Waals surface area contributed by atoms with Crippen LogP contribution in [-0.2, 0) is 26.7 Å². The fourth-order valence-corrected chi connectivity index (χ4v) is 5.62. The molecule has 9 heteroatoms. The molecule has 7 nitrogen and oxygen atoms in total. The summed E-state index contributed by atoms with van der Waals surface area (Å²) in [6.07, 6.45) is 2.85. The van der Waals surface area contributed by atoms with Crippen molar-refractivity contribution in [2.45, 2.75) is 35.7 Å². The van der Waals surface area contributed by atoms with Gasteiger partial charge in [-0.2, -0.15) is 4.31 Å². The van der Waals surface area contributed by atoms with E-state index in [9.17, 15) is 16.8 Å². The largest absolute Gasteiger partial charge is 0.489 e. The van der Waals surface area contributed by atoms with E-state index in [0.717, 1.165) is 23.6 Å². The smallest absolute Gasteiger partial charge is 0.243 e. The van der Waals surface area contributed by atoms with Gasteiger partial charge >= 0.3 is 0 Å². The van der Waals surface area contributed by atoms with Gasteiger partial charge in [0.15, 0.2) is 0 Å². The van der Waals surface area contributed by atoms with Gasteiger partial charge in [0.2, 0.25) is 20.0 Å². The Bertz CT molecular complexity index is 1040. The highest BCUT2D eigenvalue weighted by Gasteiger charge is 2.25. The van der Waals surface area contributed by atoms with Crippen LogP contribution >= 0.6 is 0 Å². The molecule has 0 unspecified atom stereocenters. The summed E-state index contributed by atoms with van der Waals surface area (Å²) in [7, 11) is -4.01. The second-order valence-corrected chi connectivity index (χ2v) is 11.2. The number of benzene rings is 2. The van der Waals surface area contributed by atoms with Gasteiger partial charge < -0.3 is 4.74 Å². The Labute approximate surface area is 173 Å². The molecule has 1 heterocycles. The van der Waals surface area contributed by atoms with Crippen molar-refractivity contribution in [2.24, 2.45) is 0 Å². The maximum Gasteiger partial charge on any atom is 0.243 e.